The summed E-state index contributed by atoms with van der Waals surface area (Å²) in [7, 11) is 2.24. The lowest BCUT2D eigenvalue weighted by atomic mass is 9.90. The van der Waals surface area contributed by atoms with Crippen molar-refractivity contribution >= 4 is 0 Å². The molecule has 1 fully saturated rings. The van der Waals surface area contributed by atoms with Crippen LogP contribution in [0.15, 0.2) is 30.3 Å². The summed E-state index contributed by atoms with van der Waals surface area (Å²) in [6.07, 6.45) is 7.55. The molecule has 2 atom stereocenters. The maximum Gasteiger partial charge on any atom is 0.0244 e. The van der Waals surface area contributed by atoms with Crippen LogP contribution in [0.4, 0.5) is 0 Å². The van der Waals surface area contributed by atoms with Crippen LogP contribution >= 0.6 is 0 Å². The molecule has 0 radical (unpaired) electrons. The highest BCUT2D eigenvalue weighted by Crippen LogP contribution is 2.21. The van der Waals surface area contributed by atoms with Gasteiger partial charge >= 0.3 is 0 Å². The fourth-order valence-electron chi connectivity index (χ4n) is 3.03. The summed E-state index contributed by atoms with van der Waals surface area (Å²) >= 11 is 0. The van der Waals surface area contributed by atoms with Crippen molar-refractivity contribution in [3.63, 3.8) is 0 Å². The van der Waals surface area contributed by atoms with Gasteiger partial charge in [0.2, 0.25) is 0 Å². The summed E-state index contributed by atoms with van der Waals surface area (Å²) in [5.41, 5.74) is 7.66. The molecule has 2 unspecified atom stereocenters. The first-order valence-electron chi connectivity index (χ1n) is 7.27. The van der Waals surface area contributed by atoms with Gasteiger partial charge in [0.15, 0.2) is 0 Å². The number of hydrogen-bond donors (Lipinski definition) is 1. The SMILES string of the molecule is CN(CCCc1ccccc1)C1CCCCC1N. The highest BCUT2D eigenvalue weighted by Gasteiger charge is 2.24. The van der Waals surface area contributed by atoms with Crippen LogP contribution in [0.2, 0.25) is 0 Å². The van der Waals surface area contributed by atoms with Gasteiger partial charge in [0.1, 0.15) is 0 Å². The van der Waals surface area contributed by atoms with Gasteiger partial charge in [0.05, 0.1) is 0 Å². The van der Waals surface area contributed by atoms with Gasteiger partial charge in [0.25, 0.3) is 0 Å². The summed E-state index contributed by atoms with van der Waals surface area (Å²) in [6, 6.07) is 11.7. The molecule has 1 aromatic carbocycles. The molecule has 0 aromatic heterocycles. The largest absolute Gasteiger partial charge is 0.326 e. The summed E-state index contributed by atoms with van der Waals surface area (Å²) in [5.74, 6) is 0. The van der Waals surface area contributed by atoms with E-state index in [1.807, 2.05) is 0 Å². The Kier molecular flexibility index (Phi) is 5.21. The van der Waals surface area contributed by atoms with E-state index in [2.05, 4.69) is 42.3 Å². The number of benzene rings is 1. The molecule has 2 rings (SSSR count). The van der Waals surface area contributed by atoms with E-state index in [1.54, 1.807) is 0 Å². The van der Waals surface area contributed by atoms with Gasteiger partial charge in [-0.3, -0.25) is 0 Å². The molecule has 1 aromatic rings. The van der Waals surface area contributed by atoms with E-state index >= 15 is 0 Å². The van der Waals surface area contributed by atoms with Crippen LogP contribution in [-0.2, 0) is 6.42 Å². The quantitative estimate of drug-likeness (QED) is 0.865. The van der Waals surface area contributed by atoms with Crippen molar-refractivity contribution in [2.45, 2.75) is 50.6 Å². The smallest absolute Gasteiger partial charge is 0.0244 e. The third kappa shape index (κ3) is 3.82. The molecule has 1 saturated carbocycles. The number of rotatable bonds is 5. The Morgan fingerprint density at radius 3 is 2.61 bits per heavy atom. The monoisotopic (exact) mass is 246 g/mol. The lowest BCUT2D eigenvalue weighted by Crippen LogP contribution is -2.48. The van der Waals surface area contributed by atoms with E-state index in [-0.39, 0.29) is 0 Å². The molecule has 2 heteroatoms. The second-order valence-corrected chi connectivity index (χ2v) is 5.59. The first-order valence-corrected chi connectivity index (χ1v) is 7.27. The topological polar surface area (TPSA) is 29.3 Å². The van der Waals surface area contributed by atoms with Gasteiger partial charge in [-0.1, -0.05) is 43.2 Å². The molecule has 0 aliphatic heterocycles. The summed E-state index contributed by atoms with van der Waals surface area (Å²) < 4.78 is 0. The zero-order valence-corrected chi connectivity index (χ0v) is 11.5. The van der Waals surface area contributed by atoms with Gasteiger partial charge in [0, 0.05) is 12.1 Å². The fourth-order valence-corrected chi connectivity index (χ4v) is 3.03. The summed E-state index contributed by atoms with van der Waals surface area (Å²) in [5, 5.41) is 0. The van der Waals surface area contributed by atoms with E-state index in [4.69, 9.17) is 5.73 Å². The maximum atomic E-state index is 6.22. The molecule has 100 valence electrons. The number of likely N-dealkylation sites (N-methyl/N-ethyl adjacent to an activating group) is 1. The molecule has 2 N–H and O–H groups in total. The molecule has 18 heavy (non-hydrogen) atoms. The van der Waals surface area contributed by atoms with Crippen LogP contribution in [-0.4, -0.2) is 30.6 Å². The third-order valence-corrected chi connectivity index (χ3v) is 4.17. The number of hydrogen-bond acceptors (Lipinski definition) is 2. The molecule has 0 spiro atoms. The van der Waals surface area contributed by atoms with E-state index in [0.29, 0.717) is 12.1 Å². The summed E-state index contributed by atoms with van der Waals surface area (Å²) in [4.78, 5) is 2.48. The van der Waals surface area contributed by atoms with Crippen molar-refractivity contribution in [3.05, 3.63) is 35.9 Å². The Bertz CT molecular complexity index is 336. The van der Waals surface area contributed by atoms with E-state index in [0.717, 1.165) is 6.54 Å². The zero-order valence-electron chi connectivity index (χ0n) is 11.5. The molecule has 0 bridgehead atoms. The molecular weight excluding hydrogens is 220 g/mol. The van der Waals surface area contributed by atoms with Gasteiger partial charge in [-0.2, -0.15) is 0 Å². The van der Waals surface area contributed by atoms with Crippen molar-refractivity contribution in [3.8, 4) is 0 Å². The Morgan fingerprint density at radius 2 is 1.89 bits per heavy atom. The minimum atomic E-state index is 0.389. The highest BCUT2D eigenvalue weighted by atomic mass is 15.1. The maximum absolute atomic E-state index is 6.22. The Balaban J connectivity index is 1.72. The standard InChI is InChI=1S/C16H26N2/c1-18(16-12-6-5-11-15(16)17)13-7-10-14-8-3-2-4-9-14/h2-4,8-9,15-16H,5-7,10-13,17H2,1H3. The molecule has 2 nitrogen and oxygen atoms in total. The van der Waals surface area contributed by atoms with Gasteiger partial charge in [-0.25, -0.2) is 0 Å². The molecule has 0 amide bonds. The van der Waals surface area contributed by atoms with Crippen LogP contribution in [0.25, 0.3) is 0 Å². The lowest BCUT2D eigenvalue weighted by molar-refractivity contribution is 0.167. The molecule has 0 heterocycles. The second-order valence-electron chi connectivity index (χ2n) is 5.59. The molecule has 1 aliphatic carbocycles. The van der Waals surface area contributed by atoms with Crippen molar-refractivity contribution < 1.29 is 0 Å². The summed E-state index contributed by atoms with van der Waals surface area (Å²) in [6.45, 7) is 1.16. The van der Waals surface area contributed by atoms with Gasteiger partial charge in [-0.15, -0.1) is 0 Å². The zero-order chi connectivity index (χ0) is 12.8. The number of nitrogens with two attached hydrogens (primary N) is 1. The number of aryl methyl sites for hydroxylation is 1. The minimum absolute atomic E-state index is 0.389. The third-order valence-electron chi connectivity index (χ3n) is 4.17. The second kappa shape index (κ2) is 6.91. The van der Waals surface area contributed by atoms with Gasteiger partial charge in [-0.05, 0) is 44.8 Å². The van der Waals surface area contributed by atoms with Crippen LogP contribution in [0.1, 0.15) is 37.7 Å². The van der Waals surface area contributed by atoms with Crippen LogP contribution in [0.3, 0.4) is 0 Å². The minimum Gasteiger partial charge on any atom is -0.326 e. The van der Waals surface area contributed by atoms with Crippen molar-refractivity contribution in [2.24, 2.45) is 5.73 Å². The predicted octanol–water partition coefficient (Wildman–Crippen LogP) is 2.82. The van der Waals surface area contributed by atoms with Crippen molar-refractivity contribution in [1.82, 2.24) is 4.90 Å². The predicted molar refractivity (Wildman–Crippen MR) is 77.6 cm³/mol. The average Bonchev–Trinajstić information content (AvgIpc) is 2.40. The first kappa shape index (κ1) is 13.6. The van der Waals surface area contributed by atoms with Crippen molar-refractivity contribution in [2.75, 3.05) is 13.6 Å². The Morgan fingerprint density at radius 1 is 1.17 bits per heavy atom. The number of nitrogens with zero attached hydrogens (tertiary/aromatic N) is 1. The van der Waals surface area contributed by atoms with Gasteiger partial charge < -0.3 is 10.6 Å². The average molecular weight is 246 g/mol. The first-order chi connectivity index (χ1) is 8.77. The van der Waals surface area contributed by atoms with Crippen LogP contribution < -0.4 is 5.73 Å². The van der Waals surface area contributed by atoms with Crippen LogP contribution in [0, 0.1) is 0 Å². The highest BCUT2D eigenvalue weighted by molar-refractivity contribution is 5.14. The van der Waals surface area contributed by atoms with Crippen LogP contribution in [0.5, 0.6) is 0 Å². The van der Waals surface area contributed by atoms with E-state index in [1.165, 1.54) is 44.1 Å². The normalized spacial score (nSPS) is 24.4. The fraction of sp³-hybridized carbons (Fsp3) is 0.625. The molecule has 0 saturated heterocycles. The Labute approximate surface area is 111 Å². The molecular formula is C16H26N2. The van der Waals surface area contributed by atoms with E-state index in [9.17, 15) is 0 Å². The lowest BCUT2D eigenvalue weighted by Gasteiger charge is -2.36. The Hall–Kier alpha value is -0.860. The molecule has 1 aliphatic rings. The van der Waals surface area contributed by atoms with Crippen molar-refractivity contribution in [1.29, 1.82) is 0 Å². The van der Waals surface area contributed by atoms with E-state index < -0.39 is 0 Å².